The van der Waals surface area contributed by atoms with Crippen LogP contribution >= 0.6 is 0 Å². The van der Waals surface area contributed by atoms with Crippen molar-refractivity contribution in [3.63, 3.8) is 0 Å². The number of nitrogens with zero attached hydrogens (tertiary/aromatic N) is 1. The fourth-order valence-corrected chi connectivity index (χ4v) is 4.25. The van der Waals surface area contributed by atoms with Crippen molar-refractivity contribution in [2.24, 2.45) is 0 Å². The molecule has 2 rings (SSSR count). The second-order valence-corrected chi connectivity index (χ2v) is 6.59. The number of hydrogen-bond acceptors (Lipinski definition) is 0. The van der Waals surface area contributed by atoms with Crippen LogP contribution in [0.25, 0.3) is 10.9 Å². The van der Waals surface area contributed by atoms with E-state index in [2.05, 4.69) is 55.7 Å². The molecular weight excluding hydrogens is 365 g/mol. The van der Waals surface area contributed by atoms with Gasteiger partial charge in [0.25, 0.3) is 0 Å². The second-order valence-electron chi connectivity index (χ2n) is 4.59. The molecule has 0 saturated carbocycles. The Balaban J connectivity index is 2.81. The first-order chi connectivity index (χ1) is 6.50. The van der Waals surface area contributed by atoms with Crippen LogP contribution in [0.5, 0.6) is 0 Å². The van der Waals surface area contributed by atoms with E-state index in [0.29, 0.717) is 0 Å². The van der Waals surface area contributed by atoms with Crippen molar-refractivity contribution < 1.29 is 0 Å². The van der Waals surface area contributed by atoms with Gasteiger partial charge in [0.1, 0.15) is 0 Å². The van der Waals surface area contributed by atoms with Crippen molar-refractivity contribution in [3.8, 4) is 0 Å². The maximum atomic E-state index is 2.45. The van der Waals surface area contributed by atoms with Crippen molar-refractivity contribution in [2.75, 3.05) is 0 Å². The molecule has 0 saturated heterocycles. The van der Waals surface area contributed by atoms with E-state index in [4.69, 9.17) is 0 Å². The number of para-hydroxylation sites is 1. The molecule has 2 heteroatoms. The standard InChI is InChI=1S/C12H14N.Pb/c1-12(2,3)13-9-8-10-6-4-5-7-11(10)13;/h4-8H,1-3H3;. The van der Waals surface area contributed by atoms with E-state index in [1.807, 2.05) is 0 Å². The zero-order chi connectivity index (χ0) is 10.3. The Kier molecular flexibility index (Phi) is 2.45. The van der Waals surface area contributed by atoms with Gasteiger partial charge in [0.05, 0.1) is 0 Å². The van der Waals surface area contributed by atoms with E-state index < -0.39 is 0 Å². The topological polar surface area (TPSA) is 4.93 Å². The molecule has 2 aromatic rings. The van der Waals surface area contributed by atoms with Crippen LogP contribution in [0.4, 0.5) is 0 Å². The van der Waals surface area contributed by atoms with Crippen LogP contribution < -0.4 is 3.25 Å². The third-order valence-corrected chi connectivity index (χ3v) is 3.81. The summed E-state index contributed by atoms with van der Waals surface area (Å²) in [4.78, 5) is 0. The molecule has 1 heterocycles. The number of rotatable bonds is 0. The van der Waals surface area contributed by atoms with Crippen molar-refractivity contribution in [1.82, 2.24) is 4.57 Å². The van der Waals surface area contributed by atoms with Gasteiger partial charge in [-0.25, -0.2) is 0 Å². The first-order valence-electron chi connectivity index (χ1n) is 4.83. The zero-order valence-corrected chi connectivity index (χ0v) is 12.7. The molecule has 0 aliphatic heterocycles. The fourth-order valence-electron chi connectivity index (χ4n) is 1.88. The van der Waals surface area contributed by atoms with Crippen LogP contribution in [0, 0.1) is 0 Å². The summed E-state index contributed by atoms with van der Waals surface area (Å²) in [6.45, 7) is 6.79. The van der Waals surface area contributed by atoms with Crippen molar-refractivity contribution in [3.05, 3.63) is 30.3 Å². The monoisotopic (exact) mass is 380 g/mol. The zero-order valence-electron chi connectivity index (χ0n) is 8.83. The Morgan fingerprint density at radius 1 is 1.14 bits per heavy atom. The molecule has 1 nitrogen and oxygen atoms in total. The van der Waals surface area contributed by atoms with Gasteiger partial charge in [0.15, 0.2) is 0 Å². The van der Waals surface area contributed by atoms with Gasteiger partial charge in [-0.15, -0.1) is 0 Å². The van der Waals surface area contributed by atoms with E-state index >= 15 is 0 Å². The molecule has 3 radical (unpaired) electrons. The van der Waals surface area contributed by atoms with E-state index in [1.54, 1.807) is 0 Å². The molecule has 0 N–H and O–H groups in total. The SMILES string of the molecule is CC(C)(C)n1[c]([Pb])cc2ccccc21. The summed E-state index contributed by atoms with van der Waals surface area (Å²) in [5, 5.41) is 1.37. The Hall–Kier alpha value is -0.318. The van der Waals surface area contributed by atoms with Gasteiger partial charge in [-0.05, 0) is 0 Å². The average Bonchev–Trinajstić information content (AvgIpc) is 2.38. The first kappa shape index (κ1) is 10.2. The van der Waals surface area contributed by atoms with Gasteiger partial charge < -0.3 is 0 Å². The Bertz CT molecular complexity index is 463. The Labute approximate surface area is 101 Å². The summed E-state index contributed by atoms with van der Waals surface area (Å²) in [5.74, 6) is 0. The number of benzene rings is 1. The van der Waals surface area contributed by atoms with Crippen LogP contribution in [0.2, 0.25) is 0 Å². The van der Waals surface area contributed by atoms with Crippen LogP contribution in [0.1, 0.15) is 20.8 Å². The van der Waals surface area contributed by atoms with Crippen LogP contribution in [0.3, 0.4) is 0 Å². The molecule has 0 aliphatic carbocycles. The van der Waals surface area contributed by atoms with Crippen molar-refractivity contribution in [2.45, 2.75) is 26.3 Å². The fraction of sp³-hybridized carbons (Fsp3) is 0.333. The third kappa shape index (κ3) is 1.62. The molecule has 1 aromatic carbocycles. The summed E-state index contributed by atoms with van der Waals surface area (Å²) in [7, 11) is 0. The molecule has 14 heavy (non-hydrogen) atoms. The minimum atomic E-state index is 0.195. The number of aromatic nitrogens is 1. The summed E-state index contributed by atoms with van der Waals surface area (Å²) in [6, 6.07) is 10.9. The Morgan fingerprint density at radius 2 is 1.79 bits per heavy atom. The minimum absolute atomic E-state index is 0.195. The summed E-state index contributed by atoms with van der Waals surface area (Å²) < 4.78 is 3.92. The molecular formula is C12H14NPb. The molecule has 0 unspecified atom stereocenters. The summed E-state index contributed by atoms with van der Waals surface area (Å²) in [6.07, 6.45) is 0. The van der Waals surface area contributed by atoms with E-state index in [-0.39, 0.29) is 5.54 Å². The normalized spacial score (nSPS) is 12.3. The predicted octanol–water partition coefficient (Wildman–Crippen LogP) is 2.19. The predicted molar refractivity (Wildman–Crippen MR) is 62.3 cm³/mol. The molecule has 0 aliphatic rings. The van der Waals surface area contributed by atoms with Gasteiger partial charge in [-0.3, -0.25) is 0 Å². The summed E-state index contributed by atoms with van der Waals surface area (Å²) in [5.41, 5.74) is 1.56. The average molecular weight is 379 g/mol. The van der Waals surface area contributed by atoms with Gasteiger partial charge in [-0.1, -0.05) is 0 Å². The molecule has 1 aromatic heterocycles. The van der Waals surface area contributed by atoms with Gasteiger partial charge in [-0.2, -0.15) is 0 Å². The second kappa shape index (κ2) is 3.36. The third-order valence-electron chi connectivity index (χ3n) is 2.38. The number of hydrogen-bond donors (Lipinski definition) is 0. The molecule has 71 valence electrons. The van der Waals surface area contributed by atoms with Crippen LogP contribution in [-0.2, 0) is 5.54 Å². The molecule has 0 atom stereocenters. The molecule has 0 amide bonds. The van der Waals surface area contributed by atoms with Gasteiger partial charge in [0.2, 0.25) is 0 Å². The number of fused-ring (bicyclic) bond motifs is 1. The van der Waals surface area contributed by atoms with Crippen molar-refractivity contribution in [1.29, 1.82) is 0 Å². The maximum absolute atomic E-state index is 2.45. The van der Waals surface area contributed by atoms with E-state index in [0.717, 1.165) is 25.8 Å². The van der Waals surface area contributed by atoms with Crippen molar-refractivity contribution >= 4 is 39.9 Å². The van der Waals surface area contributed by atoms with Gasteiger partial charge in [0, 0.05) is 0 Å². The van der Waals surface area contributed by atoms with Crippen LogP contribution in [-0.4, -0.2) is 30.3 Å². The van der Waals surface area contributed by atoms with E-state index in [9.17, 15) is 0 Å². The Morgan fingerprint density at radius 3 is 2.43 bits per heavy atom. The molecule has 0 fully saturated rings. The molecule has 0 spiro atoms. The van der Waals surface area contributed by atoms with E-state index in [1.165, 1.54) is 14.2 Å². The first-order valence-corrected chi connectivity index (χ1v) is 6.77. The van der Waals surface area contributed by atoms with Crippen LogP contribution in [0.15, 0.2) is 30.3 Å². The molecule has 0 bridgehead atoms. The van der Waals surface area contributed by atoms with Gasteiger partial charge >= 0.3 is 101 Å². The quantitative estimate of drug-likeness (QED) is 0.619. The summed E-state index contributed by atoms with van der Waals surface area (Å²) >= 11 is 1.11.